The van der Waals surface area contributed by atoms with Crippen molar-refractivity contribution in [3.8, 4) is 34.1 Å². The molecule has 5 unspecified atom stereocenters. The lowest BCUT2D eigenvalue weighted by atomic mass is 9.94. The summed E-state index contributed by atoms with van der Waals surface area (Å²) in [5.74, 6) is -2.06. The van der Waals surface area contributed by atoms with E-state index in [1.165, 1.54) is 32.5 Å². The lowest BCUT2D eigenvalue weighted by molar-refractivity contribution is -0.571. The molecule has 72 heavy (non-hydrogen) atoms. The number of piperazine rings is 1. The molecular weight excluding hydrogens is 991 g/mol. The lowest BCUT2D eigenvalue weighted by Crippen LogP contribution is -2.53. The van der Waals surface area contributed by atoms with Gasteiger partial charge in [0.05, 0.1) is 75.2 Å². The fraction of sp³-hybridized carbons (Fsp3) is 0.431. The Balaban J connectivity index is 0.991. The van der Waals surface area contributed by atoms with Crippen LogP contribution in [0, 0.1) is 41.4 Å². The number of hydrogen-bond acceptors (Lipinski definition) is 13. The Labute approximate surface area is 423 Å². The fourth-order valence-corrected chi connectivity index (χ4v) is 14.1. The van der Waals surface area contributed by atoms with Gasteiger partial charge in [0, 0.05) is 57.8 Å². The Morgan fingerprint density at radius 1 is 0.819 bits per heavy atom. The van der Waals surface area contributed by atoms with E-state index in [4.69, 9.17) is 21.3 Å². The number of halogens is 4. The zero-order valence-corrected chi connectivity index (χ0v) is 42.1. The molecule has 3 N–H and O–H groups in total. The molecule has 15 nitrogen and oxygen atoms in total. The predicted octanol–water partition coefficient (Wildman–Crippen LogP) is 6.55. The standard InChI is InChI=1S/C51H47ClF3N9O6S2/c1-22-14-34(51(53,54)55)60-39(28(22)18-32-43(65)59-12-11-58-32)27-8-13-62(33-16-25(72-41(27)33)21-64-47(68)37-38(48(64)69)50(37,4)5)42-30(52)17-29(44(61-42)70-23-6-9-56-19-23)26-7-10-57-31-15-24(71-40(26)31)20-63-45(66)35-36(46(63)67)49(35,2)3/h7-8,10,13-17,23,32,35-38,56,58H,6,9,11-12,18-21H2,1-5H3/p+1/t23-,32?,35?,36?,37?,38?/m0/s1. The maximum Gasteiger partial charge on any atom is 0.433 e. The van der Waals surface area contributed by atoms with Crippen LogP contribution in [-0.2, 0) is 49.7 Å². The average Bonchev–Trinajstić information content (AvgIpc) is 3.76. The van der Waals surface area contributed by atoms with Gasteiger partial charge in [-0.05, 0) is 78.6 Å². The summed E-state index contributed by atoms with van der Waals surface area (Å²) in [5.41, 5.74) is 1.65. The van der Waals surface area contributed by atoms with E-state index in [1.54, 1.807) is 42.1 Å². The highest BCUT2D eigenvalue weighted by Gasteiger charge is 2.73. The van der Waals surface area contributed by atoms with Crippen LogP contribution in [0.25, 0.3) is 48.6 Å². The number of alkyl halides is 3. The molecule has 0 bridgehead atoms. The van der Waals surface area contributed by atoms with Gasteiger partial charge in [0.15, 0.2) is 5.52 Å². The minimum absolute atomic E-state index is 0.0349. The maximum atomic E-state index is 14.7. The molecule has 0 radical (unpaired) electrons. The number of ether oxygens (including phenoxy) is 1. The van der Waals surface area contributed by atoms with Crippen LogP contribution in [0.3, 0.4) is 0 Å². The van der Waals surface area contributed by atoms with Crippen molar-refractivity contribution < 1.29 is 46.4 Å². The van der Waals surface area contributed by atoms with Crippen LogP contribution in [0.5, 0.6) is 5.88 Å². The highest BCUT2D eigenvalue weighted by atomic mass is 35.5. The van der Waals surface area contributed by atoms with Gasteiger partial charge in [0.1, 0.15) is 16.8 Å². The summed E-state index contributed by atoms with van der Waals surface area (Å²) in [7, 11) is 0. The monoisotopic (exact) mass is 1040 g/mol. The molecule has 10 heterocycles. The molecule has 6 atom stereocenters. The van der Waals surface area contributed by atoms with Crippen LogP contribution in [-0.4, -0.2) is 92.6 Å². The second kappa shape index (κ2) is 16.5. The number of pyridine rings is 4. The predicted molar refractivity (Wildman–Crippen MR) is 261 cm³/mol. The van der Waals surface area contributed by atoms with E-state index in [9.17, 15) is 37.1 Å². The van der Waals surface area contributed by atoms with E-state index in [0.717, 1.165) is 22.2 Å². The van der Waals surface area contributed by atoms with Crippen LogP contribution in [0.1, 0.15) is 60.7 Å². The van der Waals surface area contributed by atoms with Crippen LogP contribution >= 0.6 is 34.3 Å². The van der Waals surface area contributed by atoms with Crippen molar-refractivity contribution in [2.75, 3.05) is 26.2 Å². The van der Waals surface area contributed by atoms with Gasteiger partial charge in [0.2, 0.25) is 29.5 Å². The van der Waals surface area contributed by atoms with Crippen molar-refractivity contribution in [1.82, 2.24) is 40.7 Å². The molecule has 2 aliphatic carbocycles. The largest absolute Gasteiger partial charge is 0.454 e. The number of amides is 5. The Kier molecular flexibility index (Phi) is 10.8. The van der Waals surface area contributed by atoms with Crippen LogP contribution in [0.2, 0.25) is 5.02 Å². The van der Waals surface area contributed by atoms with Gasteiger partial charge in [-0.2, -0.15) is 17.7 Å². The van der Waals surface area contributed by atoms with Crippen LogP contribution in [0.4, 0.5) is 13.2 Å². The number of carbonyl (C=O) groups excluding carboxylic acids is 5. The Morgan fingerprint density at radius 2 is 1.47 bits per heavy atom. The number of fused-ring (bicyclic) bond motifs is 4. The first kappa shape index (κ1) is 47.1. The smallest absolute Gasteiger partial charge is 0.433 e. The Morgan fingerprint density at radius 3 is 2.10 bits per heavy atom. The molecule has 12 rings (SSSR count). The van der Waals surface area contributed by atoms with Gasteiger partial charge in [0.25, 0.3) is 0 Å². The quantitative estimate of drug-likeness (QED) is 0.0948. The third kappa shape index (κ3) is 7.44. The van der Waals surface area contributed by atoms with E-state index in [0.29, 0.717) is 74.5 Å². The molecule has 4 aliphatic heterocycles. The number of carbonyl (C=O) groups is 5. The molecule has 4 saturated heterocycles. The van der Waals surface area contributed by atoms with Gasteiger partial charge in [-0.25, -0.2) is 4.98 Å². The number of thiophene rings is 2. The topological polar surface area (TPSA) is 180 Å². The van der Waals surface area contributed by atoms with Gasteiger partial charge >= 0.3 is 17.9 Å². The number of imide groups is 2. The van der Waals surface area contributed by atoms with E-state index >= 15 is 0 Å². The average molecular weight is 1040 g/mol. The van der Waals surface area contributed by atoms with Gasteiger partial charge in [-0.3, -0.25) is 38.8 Å². The number of rotatable bonds is 11. The Bertz CT molecular complexity index is 3340. The number of nitrogens with one attached hydrogen (secondary N) is 3. The molecule has 2 saturated carbocycles. The molecule has 0 aromatic carbocycles. The van der Waals surface area contributed by atoms with Crippen LogP contribution < -0.4 is 25.3 Å². The first-order valence-corrected chi connectivity index (χ1v) is 26.0. The molecule has 0 spiro atoms. The lowest BCUT2D eigenvalue weighted by Gasteiger charge is -2.25. The number of aryl methyl sites for hydroxylation is 1. The number of likely N-dealkylation sites (tertiary alicyclic amines) is 2. The minimum atomic E-state index is -4.79. The summed E-state index contributed by atoms with van der Waals surface area (Å²) in [5, 5.41) is 9.55. The van der Waals surface area contributed by atoms with Crippen molar-refractivity contribution >= 4 is 84.2 Å². The number of nitrogens with zero attached hydrogens (tertiary/aromatic N) is 6. The summed E-state index contributed by atoms with van der Waals surface area (Å²) < 4.78 is 53.6. The maximum absolute atomic E-state index is 14.7. The fourth-order valence-electron chi connectivity index (χ4n) is 11.6. The summed E-state index contributed by atoms with van der Waals surface area (Å²) >= 11 is 9.98. The molecule has 372 valence electrons. The van der Waals surface area contributed by atoms with Crippen LogP contribution in [0.15, 0.2) is 48.8 Å². The van der Waals surface area contributed by atoms with E-state index in [2.05, 4.69) is 25.9 Å². The summed E-state index contributed by atoms with van der Waals surface area (Å²) in [6.07, 6.45) is -0.986. The van der Waals surface area contributed by atoms with E-state index < -0.39 is 35.2 Å². The van der Waals surface area contributed by atoms with Gasteiger partial charge in [-0.15, -0.1) is 22.7 Å². The van der Waals surface area contributed by atoms with E-state index in [-0.39, 0.29) is 94.8 Å². The number of aromatic nitrogens is 4. The molecule has 5 amide bonds. The first-order valence-electron chi connectivity index (χ1n) is 23.9. The number of hydrogen-bond donors (Lipinski definition) is 3. The molecular formula is C51H48ClF3N9O6S2+. The van der Waals surface area contributed by atoms with Crippen molar-refractivity contribution in [3.63, 3.8) is 0 Å². The Hall–Kier alpha value is -5.93. The van der Waals surface area contributed by atoms with Gasteiger partial charge < -0.3 is 20.7 Å². The number of piperidine rings is 2. The summed E-state index contributed by atoms with van der Waals surface area (Å²) in [4.78, 5) is 85.0. The second-order valence-corrected chi connectivity index (χ2v) is 23.6. The van der Waals surface area contributed by atoms with Crippen molar-refractivity contribution in [2.45, 2.75) is 78.9 Å². The SMILES string of the molecule is Cc1cc(C(F)(F)F)nc(-c2cc[n+](-c3nc(O[C@H]4CCNC4)c(-c4ccnc5cc(CN6C(=O)C7C(C6=O)C7(C)C)sc45)cc3Cl)c3cc(CN4C(=O)C5C(C4=O)C5(C)C)sc23)c1CC1NCCNC1=O. The third-order valence-electron chi connectivity index (χ3n) is 15.7. The molecule has 6 aromatic heterocycles. The zero-order valence-electron chi connectivity index (χ0n) is 39.7. The minimum Gasteiger partial charge on any atom is -0.454 e. The molecule has 6 aromatic rings. The molecule has 6 aliphatic rings. The zero-order chi connectivity index (χ0) is 50.5. The highest BCUT2D eigenvalue weighted by Crippen LogP contribution is 2.64. The van der Waals surface area contributed by atoms with Crippen molar-refractivity contribution in [1.29, 1.82) is 0 Å². The first-order chi connectivity index (χ1) is 34.2. The molecule has 6 fully saturated rings. The molecule has 21 heteroatoms. The summed E-state index contributed by atoms with van der Waals surface area (Å²) in [6.45, 7) is 11.5. The normalized spacial score (nSPS) is 25.2. The third-order valence-corrected chi connectivity index (χ3v) is 18.3. The van der Waals surface area contributed by atoms with Crippen molar-refractivity contribution in [3.05, 3.63) is 80.4 Å². The van der Waals surface area contributed by atoms with E-state index in [1.807, 2.05) is 39.8 Å². The van der Waals surface area contributed by atoms with Crippen molar-refractivity contribution in [2.24, 2.45) is 34.5 Å². The summed E-state index contributed by atoms with van der Waals surface area (Å²) in [6, 6.07) is 9.19. The highest BCUT2D eigenvalue weighted by molar-refractivity contribution is 7.20. The van der Waals surface area contributed by atoms with Gasteiger partial charge in [-0.1, -0.05) is 39.3 Å². The second-order valence-electron chi connectivity index (χ2n) is 20.9.